The number of hydrogen-bond acceptors (Lipinski definition) is 2. The van der Waals surface area contributed by atoms with Gasteiger partial charge in [-0.25, -0.2) is 9.13 Å². The zero-order chi connectivity index (χ0) is 20.3. The molecule has 4 heteroatoms. The van der Waals surface area contributed by atoms with Gasteiger partial charge in [0.1, 0.15) is 23.3 Å². The van der Waals surface area contributed by atoms with Gasteiger partial charge in [0, 0.05) is 0 Å². The minimum atomic E-state index is 0.897. The number of nitrogens with one attached hydrogen (secondary N) is 1. The number of para-hydroxylation sites is 1. The third kappa shape index (κ3) is 3.35. The second kappa shape index (κ2) is 8.07. The fourth-order valence-electron chi connectivity index (χ4n) is 4.21. The van der Waals surface area contributed by atoms with Crippen LogP contribution in [0.15, 0.2) is 85.1 Å². The van der Waals surface area contributed by atoms with Crippen LogP contribution >= 0.6 is 0 Å². The lowest BCUT2D eigenvalue weighted by Crippen LogP contribution is -2.36. The van der Waals surface area contributed by atoms with E-state index >= 15 is 0 Å². The van der Waals surface area contributed by atoms with Crippen molar-refractivity contribution < 1.29 is 9.30 Å². The van der Waals surface area contributed by atoms with Crippen LogP contribution in [0.5, 0.6) is 5.75 Å². The van der Waals surface area contributed by atoms with Crippen LogP contribution in [0, 0.1) is 0 Å². The Balaban J connectivity index is 1.61. The van der Waals surface area contributed by atoms with E-state index < -0.39 is 0 Å². The molecular weight excluding hydrogens is 370 g/mol. The highest BCUT2D eigenvalue weighted by Crippen LogP contribution is 2.31. The first kappa shape index (κ1) is 18.5. The lowest BCUT2D eigenvalue weighted by atomic mass is 10.1. The number of ether oxygens (including phenoxy) is 1. The Hall–Kier alpha value is -3.53. The monoisotopic (exact) mass is 396 g/mol. The Morgan fingerprint density at radius 3 is 2.37 bits per heavy atom. The molecule has 4 aromatic rings. The maximum absolute atomic E-state index is 5.66. The first-order valence-electron chi connectivity index (χ1n) is 10.5. The number of nitrogens with zero attached hydrogens (tertiary/aromatic N) is 2. The minimum Gasteiger partial charge on any atom is -0.496 e. The van der Waals surface area contributed by atoms with Gasteiger partial charge in [0.15, 0.2) is 0 Å². The number of anilines is 1. The highest BCUT2D eigenvalue weighted by Gasteiger charge is 2.27. The minimum absolute atomic E-state index is 0.897. The lowest BCUT2D eigenvalue weighted by molar-refractivity contribution is -0.670. The molecule has 150 valence electrons. The van der Waals surface area contributed by atoms with E-state index in [2.05, 4.69) is 87.4 Å². The number of imidazole rings is 1. The summed E-state index contributed by atoms with van der Waals surface area (Å²) in [6.45, 7) is 1.97. The Morgan fingerprint density at radius 1 is 0.833 bits per heavy atom. The highest BCUT2D eigenvalue weighted by molar-refractivity contribution is 5.67. The van der Waals surface area contributed by atoms with E-state index in [9.17, 15) is 0 Å². The SMILES string of the molecule is COc1ccccc1-c1cn(-c2ccc(-c3ccccc3)cc2)c2[n+]1CCCCN2. The Labute approximate surface area is 177 Å². The van der Waals surface area contributed by atoms with Gasteiger partial charge in [-0.3, -0.25) is 5.32 Å². The lowest BCUT2D eigenvalue weighted by Gasteiger charge is -2.08. The van der Waals surface area contributed by atoms with Gasteiger partial charge in [0.25, 0.3) is 0 Å². The summed E-state index contributed by atoms with van der Waals surface area (Å²) >= 11 is 0. The number of aromatic nitrogens is 2. The van der Waals surface area contributed by atoms with Gasteiger partial charge in [-0.1, -0.05) is 54.6 Å². The summed E-state index contributed by atoms with van der Waals surface area (Å²) in [5.41, 5.74) is 5.89. The largest absolute Gasteiger partial charge is 0.496 e. The number of benzene rings is 3. The molecule has 1 N–H and O–H groups in total. The molecule has 0 spiro atoms. The molecule has 30 heavy (non-hydrogen) atoms. The van der Waals surface area contributed by atoms with Gasteiger partial charge in [-0.2, -0.15) is 0 Å². The summed E-state index contributed by atoms with van der Waals surface area (Å²) in [7, 11) is 1.74. The summed E-state index contributed by atoms with van der Waals surface area (Å²) < 4.78 is 10.3. The van der Waals surface area contributed by atoms with E-state index in [1.165, 1.54) is 23.2 Å². The van der Waals surface area contributed by atoms with Gasteiger partial charge in [-0.05, 0) is 48.2 Å². The average molecular weight is 397 g/mol. The molecule has 0 fully saturated rings. The van der Waals surface area contributed by atoms with Crippen molar-refractivity contribution in [1.82, 2.24) is 4.57 Å². The molecule has 1 aliphatic heterocycles. The zero-order valence-electron chi connectivity index (χ0n) is 17.2. The topological polar surface area (TPSA) is 30.1 Å². The van der Waals surface area contributed by atoms with Crippen molar-refractivity contribution in [2.75, 3.05) is 19.0 Å². The molecule has 0 saturated heterocycles. The zero-order valence-corrected chi connectivity index (χ0v) is 17.2. The van der Waals surface area contributed by atoms with Crippen molar-refractivity contribution in [1.29, 1.82) is 0 Å². The maximum atomic E-state index is 5.66. The Morgan fingerprint density at radius 2 is 1.57 bits per heavy atom. The third-order valence-electron chi connectivity index (χ3n) is 5.75. The average Bonchev–Trinajstić information content (AvgIpc) is 3.00. The van der Waals surface area contributed by atoms with Crippen LogP contribution in [-0.4, -0.2) is 18.2 Å². The Kier molecular flexibility index (Phi) is 4.98. The molecule has 4 nitrogen and oxygen atoms in total. The van der Waals surface area contributed by atoms with Crippen LogP contribution in [0.3, 0.4) is 0 Å². The van der Waals surface area contributed by atoms with E-state index in [0.29, 0.717) is 0 Å². The molecular formula is C26H26N3O+. The first-order valence-corrected chi connectivity index (χ1v) is 10.5. The van der Waals surface area contributed by atoms with E-state index in [1.54, 1.807) is 7.11 Å². The molecule has 1 aromatic heterocycles. The number of methoxy groups -OCH3 is 1. The summed E-state index contributed by atoms with van der Waals surface area (Å²) in [5.74, 6) is 2.02. The van der Waals surface area contributed by atoms with Gasteiger partial charge < -0.3 is 4.74 Å². The molecule has 0 unspecified atom stereocenters. The number of rotatable bonds is 4. The van der Waals surface area contributed by atoms with Crippen molar-refractivity contribution in [2.45, 2.75) is 19.4 Å². The molecule has 0 amide bonds. The smallest absolute Gasteiger partial charge is 0.362 e. The fraction of sp³-hybridized carbons (Fsp3) is 0.192. The molecule has 0 bridgehead atoms. The van der Waals surface area contributed by atoms with E-state index in [1.807, 2.05) is 12.1 Å². The van der Waals surface area contributed by atoms with Gasteiger partial charge >= 0.3 is 5.95 Å². The van der Waals surface area contributed by atoms with Crippen molar-refractivity contribution >= 4 is 5.95 Å². The van der Waals surface area contributed by atoms with Crippen LogP contribution in [0.1, 0.15) is 12.8 Å². The van der Waals surface area contributed by atoms with Crippen molar-refractivity contribution in [3.8, 4) is 33.8 Å². The molecule has 0 aliphatic carbocycles. The van der Waals surface area contributed by atoms with Crippen LogP contribution in [-0.2, 0) is 6.54 Å². The standard InChI is InChI=1S/C26H25N3O/c1-30-25-12-6-5-11-23(25)24-19-29(26-27-17-7-8-18-28(24)26)22-15-13-21(14-16-22)20-9-3-2-4-10-20/h2-6,9-16,19H,7-8,17-18H2,1H3/p+1. The number of fused-ring (bicyclic) bond motifs is 1. The first-order chi connectivity index (χ1) is 14.8. The van der Waals surface area contributed by atoms with Gasteiger partial charge in [0.05, 0.1) is 25.8 Å². The van der Waals surface area contributed by atoms with Crippen LogP contribution < -0.4 is 14.6 Å². The van der Waals surface area contributed by atoms with Crippen LogP contribution in [0.4, 0.5) is 5.95 Å². The summed E-state index contributed by atoms with van der Waals surface area (Å²) in [6.07, 6.45) is 4.55. The summed E-state index contributed by atoms with van der Waals surface area (Å²) in [6, 6.07) is 27.5. The maximum Gasteiger partial charge on any atom is 0.362 e. The predicted octanol–water partition coefficient (Wildman–Crippen LogP) is 5.31. The fourth-order valence-corrected chi connectivity index (χ4v) is 4.21. The second-order valence-electron chi connectivity index (χ2n) is 7.61. The predicted molar refractivity (Wildman–Crippen MR) is 121 cm³/mol. The van der Waals surface area contributed by atoms with Crippen molar-refractivity contribution in [2.24, 2.45) is 0 Å². The number of hydrogen-bond donors (Lipinski definition) is 1. The van der Waals surface area contributed by atoms with E-state index in [-0.39, 0.29) is 0 Å². The molecule has 0 radical (unpaired) electrons. The van der Waals surface area contributed by atoms with Crippen LogP contribution in [0.2, 0.25) is 0 Å². The molecule has 2 heterocycles. The Bertz CT molecular complexity index is 1150. The van der Waals surface area contributed by atoms with E-state index in [4.69, 9.17) is 4.74 Å². The molecule has 1 aliphatic rings. The van der Waals surface area contributed by atoms with Crippen LogP contribution in [0.25, 0.3) is 28.1 Å². The van der Waals surface area contributed by atoms with Crippen molar-refractivity contribution in [3.05, 3.63) is 85.1 Å². The van der Waals surface area contributed by atoms with Gasteiger partial charge in [0.2, 0.25) is 0 Å². The quantitative estimate of drug-likeness (QED) is 0.474. The highest BCUT2D eigenvalue weighted by atomic mass is 16.5. The normalized spacial score (nSPS) is 13.2. The molecule has 3 aromatic carbocycles. The second-order valence-corrected chi connectivity index (χ2v) is 7.61. The van der Waals surface area contributed by atoms with Gasteiger partial charge in [-0.15, -0.1) is 0 Å². The molecule has 0 saturated carbocycles. The molecule has 0 atom stereocenters. The third-order valence-corrected chi connectivity index (χ3v) is 5.75. The van der Waals surface area contributed by atoms with Crippen molar-refractivity contribution in [3.63, 3.8) is 0 Å². The molecule has 5 rings (SSSR count). The summed E-state index contributed by atoms with van der Waals surface area (Å²) in [4.78, 5) is 0. The van der Waals surface area contributed by atoms with E-state index in [0.717, 1.165) is 42.5 Å². The summed E-state index contributed by atoms with van der Waals surface area (Å²) in [5, 5.41) is 3.65.